The predicted molar refractivity (Wildman–Crippen MR) is 96.1 cm³/mol. The molecular formula is C20H16ClNO2. The highest BCUT2D eigenvalue weighted by atomic mass is 35.5. The first-order valence-corrected chi connectivity index (χ1v) is 8.06. The number of hydrogen-bond donors (Lipinski definition) is 0. The average molecular weight is 338 g/mol. The van der Waals surface area contributed by atoms with Crippen LogP contribution in [0.15, 0.2) is 66.7 Å². The summed E-state index contributed by atoms with van der Waals surface area (Å²) in [7, 11) is 0. The van der Waals surface area contributed by atoms with E-state index < -0.39 is 0 Å². The molecule has 0 spiro atoms. The van der Waals surface area contributed by atoms with Crippen molar-refractivity contribution in [2.75, 3.05) is 6.61 Å². The van der Waals surface area contributed by atoms with Crippen LogP contribution in [0.1, 0.15) is 17.3 Å². The SMILES string of the molecule is CCOC(=O)c1ccc(-c2nc(-c3ccccc3)ccc2Cl)cc1. The standard InChI is InChI=1S/C20H16ClNO2/c1-2-24-20(23)16-10-8-15(9-11-16)19-17(21)12-13-18(22-19)14-6-4-3-5-7-14/h3-13H,2H2,1H3. The van der Waals surface area contributed by atoms with Gasteiger partial charge < -0.3 is 4.74 Å². The van der Waals surface area contributed by atoms with Crippen molar-refractivity contribution in [1.82, 2.24) is 4.98 Å². The Hall–Kier alpha value is -2.65. The summed E-state index contributed by atoms with van der Waals surface area (Å²) in [5, 5.41) is 0.568. The maximum Gasteiger partial charge on any atom is 0.338 e. The molecule has 0 N–H and O–H groups in total. The Balaban J connectivity index is 1.96. The second kappa shape index (κ2) is 7.28. The number of rotatable bonds is 4. The number of benzene rings is 2. The Morgan fingerprint density at radius 2 is 1.67 bits per heavy atom. The topological polar surface area (TPSA) is 39.2 Å². The second-order valence-electron chi connectivity index (χ2n) is 5.19. The third-order valence-corrected chi connectivity index (χ3v) is 3.89. The van der Waals surface area contributed by atoms with Crippen LogP contribution in [0.2, 0.25) is 5.02 Å². The van der Waals surface area contributed by atoms with E-state index in [2.05, 4.69) is 4.98 Å². The van der Waals surface area contributed by atoms with Gasteiger partial charge in [-0.05, 0) is 31.2 Å². The van der Waals surface area contributed by atoms with Gasteiger partial charge in [0.25, 0.3) is 0 Å². The van der Waals surface area contributed by atoms with Crippen molar-refractivity contribution in [1.29, 1.82) is 0 Å². The minimum atomic E-state index is -0.332. The summed E-state index contributed by atoms with van der Waals surface area (Å²) in [5.74, 6) is -0.332. The molecule has 0 aliphatic carbocycles. The van der Waals surface area contributed by atoms with E-state index >= 15 is 0 Å². The smallest absolute Gasteiger partial charge is 0.338 e. The molecule has 3 nitrogen and oxygen atoms in total. The molecular weight excluding hydrogens is 322 g/mol. The number of pyridine rings is 1. The van der Waals surface area contributed by atoms with Gasteiger partial charge in [-0.15, -0.1) is 0 Å². The Morgan fingerprint density at radius 1 is 0.958 bits per heavy atom. The number of carbonyl (C=O) groups excluding carboxylic acids is 1. The first kappa shape index (κ1) is 16.2. The molecule has 3 aromatic rings. The summed E-state index contributed by atoms with van der Waals surface area (Å²) in [6.07, 6.45) is 0. The summed E-state index contributed by atoms with van der Waals surface area (Å²) in [5.41, 5.74) is 3.93. The Morgan fingerprint density at radius 3 is 2.33 bits per heavy atom. The lowest BCUT2D eigenvalue weighted by Gasteiger charge is -2.08. The minimum absolute atomic E-state index is 0.332. The number of nitrogens with zero attached hydrogens (tertiary/aromatic N) is 1. The van der Waals surface area contributed by atoms with Gasteiger partial charge in [0, 0.05) is 11.1 Å². The van der Waals surface area contributed by atoms with Crippen LogP contribution in [-0.4, -0.2) is 17.6 Å². The quantitative estimate of drug-likeness (QED) is 0.611. The fourth-order valence-corrected chi connectivity index (χ4v) is 2.61. The van der Waals surface area contributed by atoms with E-state index in [4.69, 9.17) is 16.3 Å². The number of halogens is 1. The van der Waals surface area contributed by atoms with Crippen molar-refractivity contribution in [3.63, 3.8) is 0 Å². The number of esters is 1. The summed E-state index contributed by atoms with van der Waals surface area (Å²) >= 11 is 6.32. The van der Waals surface area contributed by atoms with Crippen LogP contribution in [0, 0.1) is 0 Å². The van der Waals surface area contributed by atoms with Crippen LogP contribution >= 0.6 is 11.6 Å². The second-order valence-corrected chi connectivity index (χ2v) is 5.60. The molecule has 24 heavy (non-hydrogen) atoms. The molecule has 4 heteroatoms. The Labute approximate surface area is 145 Å². The molecule has 3 rings (SSSR count). The van der Waals surface area contributed by atoms with Gasteiger partial charge in [-0.3, -0.25) is 0 Å². The first-order chi connectivity index (χ1) is 11.7. The molecule has 0 unspecified atom stereocenters. The zero-order valence-corrected chi connectivity index (χ0v) is 14.0. The van der Waals surface area contributed by atoms with Crippen molar-refractivity contribution in [2.45, 2.75) is 6.92 Å². The molecule has 2 aromatic carbocycles. The third-order valence-electron chi connectivity index (χ3n) is 3.59. The van der Waals surface area contributed by atoms with Gasteiger partial charge in [-0.25, -0.2) is 9.78 Å². The van der Waals surface area contributed by atoms with E-state index in [0.717, 1.165) is 16.8 Å². The highest BCUT2D eigenvalue weighted by Crippen LogP contribution is 2.29. The van der Waals surface area contributed by atoms with Crippen LogP contribution in [0.3, 0.4) is 0 Å². The van der Waals surface area contributed by atoms with Gasteiger partial charge in [-0.2, -0.15) is 0 Å². The molecule has 0 atom stereocenters. The Kier molecular flexibility index (Phi) is 4.92. The Bertz CT molecular complexity index is 845. The summed E-state index contributed by atoms with van der Waals surface area (Å²) in [6.45, 7) is 2.14. The molecule has 0 saturated heterocycles. The summed E-state index contributed by atoms with van der Waals surface area (Å²) in [4.78, 5) is 16.4. The number of ether oxygens (including phenoxy) is 1. The lowest BCUT2D eigenvalue weighted by atomic mass is 10.1. The van der Waals surface area contributed by atoms with Gasteiger partial charge >= 0.3 is 5.97 Å². The number of carbonyl (C=O) groups is 1. The van der Waals surface area contributed by atoms with Crippen LogP contribution in [0.5, 0.6) is 0 Å². The molecule has 0 fully saturated rings. The fourth-order valence-electron chi connectivity index (χ4n) is 2.39. The van der Waals surface area contributed by atoms with E-state index in [0.29, 0.717) is 22.9 Å². The number of hydrogen-bond acceptors (Lipinski definition) is 3. The zero-order valence-electron chi connectivity index (χ0n) is 13.2. The van der Waals surface area contributed by atoms with Crippen LogP contribution in [0.4, 0.5) is 0 Å². The lowest BCUT2D eigenvalue weighted by molar-refractivity contribution is 0.0526. The molecule has 0 aliphatic heterocycles. The van der Waals surface area contributed by atoms with Crippen molar-refractivity contribution in [2.24, 2.45) is 0 Å². The normalized spacial score (nSPS) is 10.4. The molecule has 0 bridgehead atoms. The molecule has 0 saturated carbocycles. The van der Waals surface area contributed by atoms with E-state index in [1.54, 1.807) is 19.1 Å². The summed E-state index contributed by atoms with van der Waals surface area (Å²) < 4.78 is 4.99. The predicted octanol–water partition coefficient (Wildman–Crippen LogP) is 5.25. The van der Waals surface area contributed by atoms with Gasteiger partial charge in [0.15, 0.2) is 0 Å². The van der Waals surface area contributed by atoms with Gasteiger partial charge in [-0.1, -0.05) is 54.1 Å². The van der Waals surface area contributed by atoms with Gasteiger partial charge in [0.05, 0.1) is 28.6 Å². The first-order valence-electron chi connectivity index (χ1n) is 7.68. The van der Waals surface area contributed by atoms with Crippen molar-refractivity contribution in [3.8, 4) is 22.5 Å². The largest absolute Gasteiger partial charge is 0.462 e. The molecule has 0 amide bonds. The van der Waals surface area contributed by atoms with E-state index in [9.17, 15) is 4.79 Å². The lowest BCUT2D eigenvalue weighted by Crippen LogP contribution is -2.04. The zero-order chi connectivity index (χ0) is 16.9. The van der Waals surface area contributed by atoms with Crippen molar-refractivity contribution < 1.29 is 9.53 Å². The molecule has 1 heterocycles. The van der Waals surface area contributed by atoms with E-state index in [1.165, 1.54) is 0 Å². The van der Waals surface area contributed by atoms with Gasteiger partial charge in [0.1, 0.15) is 0 Å². The maximum absolute atomic E-state index is 11.7. The molecule has 0 radical (unpaired) electrons. The highest BCUT2D eigenvalue weighted by Gasteiger charge is 2.10. The van der Waals surface area contributed by atoms with Crippen LogP contribution < -0.4 is 0 Å². The highest BCUT2D eigenvalue weighted by molar-refractivity contribution is 6.33. The number of aromatic nitrogens is 1. The van der Waals surface area contributed by atoms with E-state index in [1.807, 2.05) is 54.6 Å². The molecule has 1 aromatic heterocycles. The van der Waals surface area contributed by atoms with Crippen molar-refractivity contribution in [3.05, 3.63) is 77.3 Å². The average Bonchev–Trinajstić information content (AvgIpc) is 2.63. The molecule has 120 valence electrons. The summed E-state index contributed by atoms with van der Waals surface area (Å²) in [6, 6.07) is 20.8. The van der Waals surface area contributed by atoms with Gasteiger partial charge in [0.2, 0.25) is 0 Å². The van der Waals surface area contributed by atoms with Crippen molar-refractivity contribution >= 4 is 17.6 Å². The molecule has 0 aliphatic rings. The minimum Gasteiger partial charge on any atom is -0.462 e. The fraction of sp³-hybridized carbons (Fsp3) is 0.100. The van der Waals surface area contributed by atoms with Crippen LogP contribution in [0.25, 0.3) is 22.5 Å². The van der Waals surface area contributed by atoms with Crippen LogP contribution in [-0.2, 0) is 4.74 Å². The van der Waals surface area contributed by atoms with E-state index in [-0.39, 0.29) is 5.97 Å². The monoisotopic (exact) mass is 337 g/mol. The third kappa shape index (κ3) is 3.47. The maximum atomic E-state index is 11.7.